The molecule has 1 fully saturated rings. The van der Waals surface area contributed by atoms with Crippen LogP contribution in [0.3, 0.4) is 0 Å². The maximum Gasteiger partial charge on any atom is 0.250 e. The van der Waals surface area contributed by atoms with Crippen LogP contribution < -0.4 is 20.9 Å². The number of anilines is 1. The van der Waals surface area contributed by atoms with Crippen LogP contribution in [0.25, 0.3) is 0 Å². The van der Waals surface area contributed by atoms with Gasteiger partial charge in [0.25, 0.3) is 0 Å². The van der Waals surface area contributed by atoms with Crippen molar-refractivity contribution in [3.63, 3.8) is 0 Å². The summed E-state index contributed by atoms with van der Waals surface area (Å²) in [7, 11) is 0.633. The second kappa shape index (κ2) is 17.4. The number of aryl methyl sites for hydroxylation is 1. The average molecular weight is 741 g/mol. The molecule has 0 spiro atoms. The molecule has 3 aromatic carbocycles. The number of carbonyl (C=O) groups is 4. The molecule has 4 atom stereocenters. The van der Waals surface area contributed by atoms with Gasteiger partial charge in [0.2, 0.25) is 23.6 Å². The van der Waals surface area contributed by atoms with Crippen LogP contribution >= 0.6 is 23.2 Å². The molecule has 10 nitrogen and oxygen atoms in total. The third-order valence-electron chi connectivity index (χ3n) is 9.14. The molecule has 0 aliphatic carbocycles. The van der Waals surface area contributed by atoms with E-state index in [9.17, 15) is 23.4 Å². The minimum atomic E-state index is -1.10. The van der Waals surface area contributed by atoms with E-state index in [1.54, 1.807) is 30.3 Å². The summed E-state index contributed by atoms with van der Waals surface area (Å²) in [6.45, 7) is 0.727. The Morgan fingerprint density at radius 1 is 0.840 bits per heavy atom. The Balaban J connectivity index is 1.41. The molecule has 1 unspecified atom stereocenters. The van der Waals surface area contributed by atoms with Crippen molar-refractivity contribution < 1.29 is 23.4 Å². The van der Waals surface area contributed by atoms with Gasteiger partial charge in [0.15, 0.2) is 0 Å². The number of benzene rings is 3. The Kier molecular flexibility index (Phi) is 13.1. The fourth-order valence-corrected chi connectivity index (χ4v) is 7.30. The minimum Gasteiger partial charge on any atom is -0.351 e. The summed E-state index contributed by atoms with van der Waals surface area (Å²) in [6.07, 6.45) is 4.20. The molecule has 0 saturated carbocycles. The van der Waals surface area contributed by atoms with E-state index in [0.717, 1.165) is 21.6 Å². The molecular formula is C37H43Cl2N5O5S. The van der Waals surface area contributed by atoms with E-state index in [1.807, 2.05) is 54.6 Å². The highest BCUT2D eigenvalue weighted by Gasteiger charge is 2.33. The number of para-hydroxylation sites is 1. The van der Waals surface area contributed by atoms with E-state index >= 15 is 0 Å². The molecule has 4 amide bonds. The molecule has 3 N–H and O–H groups in total. The second-order valence-corrected chi connectivity index (χ2v) is 15.2. The van der Waals surface area contributed by atoms with Crippen LogP contribution in [0, 0.1) is 0 Å². The van der Waals surface area contributed by atoms with Crippen LogP contribution in [0.2, 0.25) is 10.0 Å². The van der Waals surface area contributed by atoms with E-state index in [0.29, 0.717) is 60.9 Å². The SMILES string of the molecule is CN1CCCN[C@@H](Cc2ccc(S(C)=O)cc2)CC(=O)N[C@H]2CCc3ccccc3N(CC(=O)N[C@H](Cc3ccc(Cl)c(Cl)c3)CC1=O)C2=O. The Hall–Kier alpha value is -3.77. The van der Waals surface area contributed by atoms with Gasteiger partial charge in [0.1, 0.15) is 12.6 Å². The molecule has 3 aromatic rings. The van der Waals surface area contributed by atoms with Gasteiger partial charge in [-0.25, -0.2) is 0 Å². The van der Waals surface area contributed by atoms with Gasteiger partial charge in [-0.15, -0.1) is 0 Å². The largest absolute Gasteiger partial charge is 0.351 e. The van der Waals surface area contributed by atoms with Crippen molar-refractivity contribution in [3.8, 4) is 0 Å². The van der Waals surface area contributed by atoms with Crippen molar-refractivity contribution in [2.24, 2.45) is 0 Å². The number of hydrogen-bond donors (Lipinski definition) is 3. The van der Waals surface area contributed by atoms with Crippen LogP contribution in [0.15, 0.2) is 71.6 Å². The number of amides is 4. The smallest absolute Gasteiger partial charge is 0.250 e. The van der Waals surface area contributed by atoms with Crippen molar-refractivity contribution in [2.75, 3.05) is 37.8 Å². The average Bonchev–Trinajstić information content (AvgIpc) is 3.20. The zero-order chi connectivity index (χ0) is 35.8. The summed E-state index contributed by atoms with van der Waals surface area (Å²) in [5.74, 6) is -1.22. The molecule has 13 heteroatoms. The molecule has 2 heterocycles. The second-order valence-electron chi connectivity index (χ2n) is 13.0. The molecule has 2 aliphatic rings. The Bertz CT molecular complexity index is 1740. The zero-order valence-corrected chi connectivity index (χ0v) is 30.6. The Morgan fingerprint density at radius 3 is 2.30 bits per heavy atom. The van der Waals surface area contributed by atoms with Gasteiger partial charge in [-0.2, -0.15) is 0 Å². The predicted octanol–water partition coefficient (Wildman–Crippen LogP) is 4.07. The summed E-state index contributed by atoms with van der Waals surface area (Å²) in [6, 6.07) is 18.5. The molecular weight excluding hydrogens is 697 g/mol. The van der Waals surface area contributed by atoms with Crippen LogP contribution in [0.1, 0.15) is 42.4 Å². The molecule has 0 aromatic heterocycles. The van der Waals surface area contributed by atoms with Gasteiger partial charge in [-0.05, 0) is 85.7 Å². The molecule has 0 radical (unpaired) electrons. The van der Waals surface area contributed by atoms with Gasteiger partial charge in [0, 0.05) is 66.2 Å². The van der Waals surface area contributed by atoms with Crippen molar-refractivity contribution in [3.05, 3.63) is 93.5 Å². The molecule has 266 valence electrons. The molecule has 2 aliphatic heterocycles. The van der Waals surface area contributed by atoms with Gasteiger partial charge in [0.05, 0.1) is 10.0 Å². The summed E-state index contributed by atoms with van der Waals surface area (Å²) in [5, 5.41) is 10.3. The fourth-order valence-electron chi connectivity index (χ4n) is 6.46. The Labute approximate surface area is 305 Å². The lowest BCUT2D eigenvalue weighted by molar-refractivity contribution is -0.131. The number of rotatable bonds is 5. The Morgan fingerprint density at radius 2 is 1.56 bits per heavy atom. The third-order valence-corrected chi connectivity index (χ3v) is 10.8. The zero-order valence-electron chi connectivity index (χ0n) is 28.3. The lowest BCUT2D eigenvalue weighted by atomic mass is 10.0. The summed E-state index contributed by atoms with van der Waals surface area (Å²) < 4.78 is 11.9. The van der Waals surface area contributed by atoms with Crippen LogP contribution in [-0.2, 0) is 49.2 Å². The summed E-state index contributed by atoms with van der Waals surface area (Å²) in [4.78, 5) is 58.6. The van der Waals surface area contributed by atoms with Crippen molar-refractivity contribution in [1.82, 2.24) is 20.9 Å². The first-order valence-electron chi connectivity index (χ1n) is 16.8. The first-order valence-corrected chi connectivity index (χ1v) is 19.1. The molecule has 50 heavy (non-hydrogen) atoms. The maximum absolute atomic E-state index is 14.1. The number of nitrogens with zero attached hydrogens (tertiary/aromatic N) is 2. The highest BCUT2D eigenvalue weighted by Crippen LogP contribution is 2.28. The van der Waals surface area contributed by atoms with Gasteiger partial charge < -0.3 is 25.8 Å². The van der Waals surface area contributed by atoms with Crippen molar-refractivity contribution >= 4 is 63.3 Å². The topological polar surface area (TPSA) is 128 Å². The van der Waals surface area contributed by atoms with Crippen LogP contribution in [-0.4, -0.2) is 83.8 Å². The quantitative estimate of drug-likeness (QED) is 0.362. The number of nitrogens with one attached hydrogen (secondary N) is 3. The normalized spacial score (nSPS) is 22.0. The van der Waals surface area contributed by atoms with Crippen LogP contribution in [0.5, 0.6) is 0 Å². The molecule has 1 saturated heterocycles. The maximum atomic E-state index is 14.1. The molecule has 5 rings (SSSR count). The third kappa shape index (κ3) is 10.2. The van der Waals surface area contributed by atoms with E-state index < -0.39 is 28.8 Å². The lowest BCUT2D eigenvalue weighted by Gasteiger charge is -2.28. The van der Waals surface area contributed by atoms with Gasteiger partial charge >= 0.3 is 0 Å². The van der Waals surface area contributed by atoms with E-state index in [-0.39, 0.29) is 43.1 Å². The predicted molar refractivity (Wildman–Crippen MR) is 197 cm³/mol. The number of hydrogen-bond acceptors (Lipinski definition) is 6. The lowest BCUT2D eigenvalue weighted by Crippen LogP contribution is -2.52. The standard InChI is InChI=1S/C37H43Cl2N5O5S/c1-43-17-5-16-40-27(18-24-8-12-29(13-9-24)50(2)49)21-34(45)42-32-15-11-26-6-3-4-7-33(26)44(37(32)48)23-35(46)41-28(22-36(43)47)19-25-10-14-30(38)31(39)20-25/h3-4,6-10,12-14,20,27-28,32,40H,5,11,15-19,21-23H2,1-2H3,(H,41,46)(H,42,45)/t27-,28+,32-,50?/m0/s1. The number of fused-ring (bicyclic) bond motifs is 4. The van der Waals surface area contributed by atoms with Gasteiger partial charge in [-0.3, -0.25) is 23.4 Å². The monoisotopic (exact) mass is 739 g/mol. The van der Waals surface area contributed by atoms with Gasteiger partial charge in [-0.1, -0.05) is 59.6 Å². The summed E-state index contributed by atoms with van der Waals surface area (Å²) >= 11 is 12.4. The first-order chi connectivity index (χ1) is 24.0. The number of halogens is 2. The van der Waals surface area contributed by atoms with E-state index in [2.05, 4.69) is 16.0 Å². The fraction of sp³-hybridized carbons (Fsp3) is 0.405. The highest BCUT2D eigenvalue weighted by atomic mass is 35.5. The van der Waals surface area contributed by atoms with E-state index in [4.69, 9.17) is 23.2 Å². The molecule has 2 bridgehead atoms. The van der Waals surface area contributed by atoms with Crippen LogP contribution in [0.4, 0.5) is 5.69 Å². The number of carbonyl (C=O) groups excluding carboxylic acids is 4. The van der Waals surface area contributed by atoms with Crippen molar-refractivity contribution in [2.45, 2.75) is 68.0 Å². The van der Waals surface area contributed by atoms with E-state index in [1.165, 1.54) is 4.90 Å². The van der Waals surface area contributed by atoms with Crippen molar-refractivity contribution in [1.29, 1.82) is 0 Å². The first kappa shape index (κ1) is 37.5. The summed E-state index contributed by atoms with van der Waals surface area (Å²) in [5.41, 5.74) is 3.29. The minimum absolute atomic E-state index is 0.0420. The highest BCUT2D eigenvalue weighted by molar-refractivity contribution is 7.84.